The standard InChI is InChI=1S/C17H22N6O/c1-12-15(13(2)21-20-12)5-4-10-23(3)11-16-19-17(22-24-16)14-6-8-18-9-7-14/h6-9H,4-5,10-11H2,1-3H3,(H,20,21). The average molecular weight is 326 g/mol. The van der Waals surface area contributed by atoms with Crippen LogP contribution < -0.4 is 0 Å². The van der Waals surface area contributed by atoms with E-state index in [4.69, 9.17) is 4.52 Å². The third-order valence-corrected chi connectivity index (χ3v) is 4.06. The summed E-state index contributed by atoms with van der Waals surface area (Å²) in [4.78, 5) is 10.6. The van der Waals surface area contributed by atoms with Crippen LogP contribution in [0.2, 0.25) is 0 Å². The van der Waals surface area contributed by atoms with Crippen molar-refractivity contribution in [1.82, 2.24) is 30.2 Å². The average Bonchev–Trinajstić information content (AvgIpc) is 3.17. The molecule has 0 unspecified atom stereocenters. The molecule has 0 radical (unpaired) electrons. The maximum Gasteiger partial charge on any atom is 0.241 e. The number of pyridine rings is 1. The Kier molecular flexibility index (Phi) is 5.00. The lowest BCUT2D eigenvalue weighted by atomic mass is 10.1. The number of rotatable bonds is 7. The topological polar surface area (TPSA) is 83.7 Å². The molecule has 0 atom stereocenters. The van der Waals surface area contributed by atoms with Gasteiger partial charge in [-0.2, -0.15) is 10.1 Å². The first-order valence-electron chi connectivity index (χ1n) is 8.05. The summed E-state index contributed by atoms with van der Waals surface area (Å²) in [7, 11) is 2.06. The van der Waals surface area contributed by atoms with Gasteiger partial charge in [-0.05, 0) is 58.0 Å². The van der Waals surface area contributed by atoms with Gasteiger partial charge in [-0.15, -0.1) is 0 Å². The van der Waals surface area contributed by atoms with Gasteiger partial charge in [0.1, 0.15) is 0 Å². The molecule has 0 aromatic carbocycles. The summed E-state index contributed by atoms with van der Waals surface area (Å²) in [5.74, 6) is 1.23. The van der Waals surface area contributed by atoms with Crippen molar-refractivity contribution >= 4 is 0 Å². The molecule has 3 rings (SSSR count). The molecule has 0 saturated heterocycles. The van der Waals surface area contributed by atoms with Crippen molar-refractivity contribution in [3.8, 4) is 11.4 Å². The van der Waals surface area contributed by atoms with E-state index >= 15 is 0 Å². The lowest BCUT2D eigenvalue weighted by Gasteiger charge is -2.13. The molecule has 0 amide bonds. The van der Waals surface area contributed by atoms with Crippen molar-refractivity contribution in [3.05, 3.63) is 47.4 Å². The highest BCUT2D eigenvalue weighted by Gasteiger charge is 2.11. The Morgan fingerprint density at radius 2 is 2.00 bits per heavy atom. The second-order valence-corrected chi connectivity index (χ2v) is 6.00. The van der Waals surface area contributed by atoms with Crippen LogP contribution in [0.3, 0.4) is 0 Å². The second kappa shape index (κ2) is 7.35. The van der Waals surface area contributed by atoms with E-state index in [0.717, 1.165) is 36.3 Å². The molecular weight excluding hydrogens is 304 g/mol. The molecule has 3 aromatic rings. The number of aryl methyl sites for hydroxylation is 2. The van der Waals surface area contributed by atoms with E-state index in [9.17, 15) is 0 Å². The fraction of sp³-hybridized carbons (Fsp3) is 0.412. The zero-order valence-corrected chi connectivity index (χ0v) is 14.3. The van der Waals surface area contributed by atoms with Gasteiger partial charge in [0.05, 0.1) is 12.2 Å². The molecule has 24 heavy (non-hydrogen) atoms. The first-order valence-corrected chi connectivity index (χ1v) is 8.05. The van der Waals surface area contributed by atoms with E-state index in [1.807, 2.05) is 19.1 Å². The predicted molar refractivity (Wildman–Crippen MR) is 90.2 cm³/mol. The quantitative estimate of drug-likeness (QED) is 0.718. The molecule has 7 heteroatoms. The van der Waals surface area contributed by atoms with Crippen LogP contribution in [0.1, 0.15) is 29.3 Å². The molecule has 126 valence electrons. The molecule has 1 N–H and O–H groups in total. The minimum absolute atomic E-state index is 0.602. The molecule has 0 fully saturated rings. The lowest BCUT2D eigenvalue weighted by Crippen LogP contribution is -2.19. The van der Waals surface area contributed by atoms with Crippen molar-refractivity contribution in [3.63, 3.8) is 0 Å². The van der Waals surface area contributed by atoms with Crippen molar-refractivity contribution < 1.29 is 4.52 Å². The van der Waals surface area contributed by atoms with Gasteiger partial charge in [-0.25, -0.2) is 0 Å². The molecule has 0 spiro atoms. The number of aromatic nitrogens is 5. The Hall–Kier alpha value is -2.54. The molecule has 0 bridgehead atoms. The highest BCUT2D eigenvalue weighted by Crippen LogP contribution is 2.15. The minimum Gasteiger partial charge on any atom is -0.338 e. The number of hydrogen-bond donors (Lipinski definition) is 1. The van der Waals surface area contributed by atoms with Crippen molar-refractivity contribution in [1.29, 1.82) is 0 Å². The number of hydrogen-bond acceptors (Lipinski definition) is 6. The van der Waals surface area contributed by atoms with Gasteiger partial charge in [0.15, 0.2) is 0 Å². The molecule has 0 aliphatic carbocycles. The van der Waals surface area contributed by atoms with E-state index in [1.165, 1.54) is 5.56 Å². The highest BCUT2D eigenvalue weighted by atomic mass is 16.5. The zero-order valence-electron chi connectivity index (χ0n) is 14.3. The van der Waals surface area contributed by atoms with Crippen LogP contribution in [0, 0.1) is 13.8 Å². The SMILES string of the molecule is Cc1n[nH]c(C)c1CCCN(C)Cc1nc(-c2ccncc2)no1. The van der Waals surface area contributed by atoms with Crippen LogP contribution in [0.5, 0.6) is 0 Å². The summed E-state index contributed by atoms with van der Waals surface area (Å²) in [6.07, 6.45) is 5.52. The molecular formula is C17H22N6O. The summed E-state index contributed by atoms with van der Waals surface area (Å²) < 4.78 is 5.34. The summed E-state index contributed by atoms with van der Waals surface area (Å²) in [5.41, 5.74) is 4.48. The molecule has 3 heterocycles. The Labute approximate surface area is 141 Å². The Morgan fingerprint density at radius 1 is 1.21 bits per heavy atom. The van der Waals surface area contributed by atoms with E-state index in [1.54, 1.807) is 12.4 Å². The van der Waals surface area contributed by atoms with Gasteiger partial charge < -0.3 is 4.52 Å². The Balaban J connectivity index is 1.50. The van der Waals surface area contributed by atoms with Gasteiger partial charge >= 0.3 is 0 Å². The van der Waals surface area contributed by atoms with Gasteiger partial charge in [0.2, 0.25) is 11.7 Å². The van der Waals surface area contributed by atoms with Crippen LogP contribution in [0.15, 0.2) is 29.0 Å². The summed E-state index contributed by atoms with van der Waals surface area (Å²) in [5, 5.41) is 11.3. The predicted octanol–water partition coefficient (Wildman–Crippen LogP) is 2.54. The van der Waals surface area contributed by atoms with Gasteiger partial charge in [-0.1, -0.05) is 5.16 Å². The van der Waals surface area contributed by atoms with Gasteiger partial charge in [-0.3, -0.25) is 15.0 Å². The highest BCUT2D eigenvalue weighted by molar-refractivity contribution is 5.52. The van der Waals surface area contributed by atoms with Crippen LogP contribution in [-0.2, 0) is 13.0 Å². The fourth-order valence-electron chi connectivity index (χ4n) is 2.72. The van der Waals surface area contributed by atoms with Crippen molar-refractivity contribution in [2.45, 2.75) is 33.2 Å². The van der Waals surface area contributed by atoms with Crippen molar-refractivity contribution in [2.24, 2.45) is 0 Å². The second-order valence-electron chi connectivity index (χ2n) is 6.00. The molecule has 7 nitrogen and oxygen atoms in total. The van der Waals surface area contributed by atoms with E-state index in [2.05, 4.69) is 44.2 Å². The van der Waals surface area contributed by atoms with E-state index < -0.39 is 0 Å². The van der Waals surface area contributed by atoms with Crippen LogP contribution >= 0.6 is 0 Å². The van der Waals surface area contributed by atoms with Crippen LogP contribution in [0.25, 0.3) is 11.4 Å². The maximum atomic E-state index is 5.34. The summed E-state index contributed by atoms with van der Waals surface area (Å²) in [6.45, 7) is 5.71. The first-order chi connectivity index (χ1) is 11.6. The molecule has 0 aliphatic rings. The number of nitrogens with zero attached hydrogens (tertiary/aromatic N) is 5. The maximum absolute atomic E-state index is 5.34. The Bertz CT molecular complexity index is 760. The first kappa shape index (κ1) is 16.3. The smallest absolute Gasteiger partial charge is 0.241 e. The summed E-state index contributed by atoms with van der Waals surface area (Å²) in [6, 6.07) is 3.74. The third-order valence-electron chi connectivity index (χ3n) is 4.06. The van der Waals surface area contributed by atoms with E-state index in [-0.39, 0.29) is 0 Å². The molecule has 0 aliphatic heterocycles. The summed E-state index contributed by atoms with van der Waals surface area (Å²) >= 11 is 0. The lowest BCUT2D eigenvalue weighted by molar-refractivity contribution is 0.264. The van der Waals surface area contributed by atoms with Gasteiger partial charge in [0.25, 0.3) is 0 Å². The normalized spacial score (nSPS) is 11.3. The molecule has 3 aromatic heterocycles. The van der Waals surface area contributed by atoms with Crippen molar-refractivity contribution in [2.75, 3.05) is 13.6 Å². The largest absolute Gasteiger partial charge is 0.338 e. The van der Waals surface area contributed by atoms with E-state index in [0.29, 0.717) is 18.3 Å². The van der Waals surface area contributed by atoms with Crippen LogP contribution in [-0.4, -0.2) is 43.8 Å². The van der Waals surface area contributed by atoms with Crippen LogP contribution in [0.4, 0.5) is 0 Å². The fourth-order valence-corrected chi connectivity index (χ4v) is 2.72. The third kappa shape index (κ3) is 3.86. The number of aromatic amines is 1. The monoisotopic (exact) mass is 326 g/mol. The molecule has 0 saturated carbocycles. The zero-order chi connectivity index (χ0) is 16.9. The Morgan fingerprint density at radius 3 is 2.71 bits per heavy atom. The minimum atomic E-state index is 0.602. The number of H-pyrrole nitrogens is 1. The van der Waals surface area contributed by atoms with Gasteiger partial charge in [0, 0.05) is 23.7 Å². The number of nitrogens with one attached hydrogen (secondary N) is 1.